The number of carbonyl (C=O) groups excluding carboxylic acids is 1. The lowest BCUT2D eigenvalue weighted by Gasteiger charge is -2.35. The third-order valence-electron chi connectivity index (χ3n) is 4.07. The van der Waals surface area contributed by atoms with Crippen LogP contribution in [0.25, 0.3) is 0 Å². The molecule has 0 atom stereocenters. The zero-order valence-electron chi connectivity index (χ0n) is 11.5. The first-order valence-corrected chi connectivity index (χ1v) is 7.21. The zero-order valence-corrected chi connectivity index (χ0v) is 12.3. The Morgan fingerprint density at radius 3 is 2.75 bits per heavy atom. The van der Waals surface area contributed by atoms with E-state index in [2.05, 4.69) is 10.6 Å². The maximum atomic E-state index is 12.6. The zero-order chi connectivity index (χ0) is 14.6. The average Bonchev–Trinajstić information content (AvgIpc) is 2.49. The van der Waals surface area contributed by atoms with Crippen LogP contribution in [0.1, 0.15) is 31.7 Å². The molecule has 0 radical (unpaired) electrons. The van der Waals surface area contributed by atoms with Gasteiger partial charge >= 0.3 is 0 Å². The van der Waals surface area contributed by atoms with Gasteiger partial charge in [-0.05, 0) is 50.6 Å². The molecule has 20 heavy (non-hydrogen) atoms. The SMILES string of the molecule is CCC1(C(=O)Nc2ccc(C#N)cc2Cl)CCNCC1. The van der Waals surface area contributed by atoms with E-state index in [0.717, 1.165) is 32.4 Å². The Balaban J connectivity index is 2.16. The Kier molecular flexibility index (Phi) is 4.64. The Morgan fingerprint density at radius 1 is 1.50 bits per heavy atom. The van der Waals surface area contributed by atoms with Crippen molar-refractivity contribution in [1.82, 2.24) is 5.32 Å². The summed E-state index contributed by atoms with van der Waals surface area (Å²) >= 11 is 6.10. The van der Waals surface area contributed by atoms with Crippen LogP contribution in [0.4, 0.5) is 5.69 Å². The Morgan fingerprint density at radius 2 is 2.20 bits per heavy atom. The van der Waals surface area contributed by atoms with E-state index in [9.17, 15) is 4.79 Å². The standard InChI is InChI=1S/C15H18ClN3O/c1-2-15(5-7-18-8-6-15)14(20)19-13-4-3-11(10-17)9-12(13)16/h3-4,9,18H,2,5-8H2,1H3,(H,19,20). The number of piperidine rings is 1. The lowest BCUT2D eigenvalue weighted by molar-refractivity contribution is -0.127. The third kappa shape index (κ3) is 2.95. The summed E-state index contributed by atoms with van der Waals surface area (Å²) in [5.74, 6) is 0.0214. The van der Waals surface area contributed by atoms with Gasteiger partial charge in [0.25, 0.3) is 0 Å². The van der Waals surface area contributed by atoms with Gasteiger partial charge in [0.15, 0.2) is 0 Å². The molecule has 2 N–H and O–H groups in total. The molecule has 1 amide bonds. The van der Waals surface area contributed by atoms with Crippen LogP contribution < -0.4 is 10.6 Å². The number of hydrogen-bond donors (Lipinski definition) is 2. The fourth-order valence-electron chi connectivity index (χ4n) is 2.59. The number of halogens is 1. The monoisotopic (exact) mass is 291 g/mol. The highest BCUT2D eigenvalue weighted by atomic mass is 35.5. The van der Waals surface area contributed by atoms with Crippen LogP contribution in [-0.4, -0.2) is 19.0 Å². The molecule has 0 aliphatic carbocycles. The van der Waals surface area contributed by atoms with Crippen molar-refractivity contribution in [2.45, 2.75) is 26.2 Å². The number of benzene rings is 1. The molecule has 0 aromatic heterocycles. The summed E-state index contributed by atoms with van der Waals surface area (Å²) in [6, 6.07) is 6.93. The molecule has 1 aromatic rings. The highest BCUT2D eigenvalue weighted by molar-refractivity contribution is 6.33. The van der Waals surface area contributed by atoms with Gasteiger partial charge < -0.3 is 10.6 Å². The second-order valence-electron chi connectivity index (χ2n) is 5.14. The van der Waals surface area contributed by atoms with E-state index in [0.29, 0.717) is 16.3 Å². The van der Waals surface area contributed by atoms with Gasteiger partial charge in [-0.2, -0.15) is 5.26 Å². The van der Waals surface area contributed by atoms with Crippen molar-refractivity contribution in [1.29, 1.82) is 5.26 Å². The number of carbonyl (C=O) groups is 1. The van der Waals surface area contributed by atoms with E-state index in [-0.39, 0.29) is 11.3 Å². The van der Waals surface area contributed by atoms with Gasteiger partial charge in [-0.1, -0.05) is 18.5 Å². The van der Waals surface area contributed by atoms with Crippen LogP contribution in [0.15, 0.2) is 18.2 Å². The number of amides is 1. The molecule has 0 saturated carbocycles. The molecule has 1 saturated heterocycles. The molecule has 1 aliphatic rings. The summed E-state index contributed by atoms with van der Waals surface area (Å²) in [5.41, 5.74) is 0.741. The van der Waals surface area contributed by atoms with Crippen LogP contribution in [0.3, 0.4) is 0 Å². The highest BCUT2D eigenvalue weighted by Crippen LogP contribution is 2.35. The lowest BCUT2D eigenvalue weighted by Crippen LogP contribution is -2.44. The Hall–Kier alpha value is -1.57. The predicted octanol–water partition coefficient (Wildman–Crippen LogP) is 2.93. The molecular formula is C15H18ClN3O. The van der Waals surface area contributed by atoms with Crippen molar-refractivity contribution in [2.75, 3.05) is 18.4 Å². The summed E-state index contributed by atoms with van der Waals surface area (Å²) < 4.78 is 0. The van der Waals surface area contributed by atoms with E-state index in [1.165, 1.54) is 0 Å². The van der Waals surface area contributed by atoms with E-state index in [4.69, 9.17) is 16.9 Å². The molecule has 1 aromatic carbocycles. The fraction of sp³-hybridized carbons (Fsp3) is 0.467. The summed E-state index contributed by atoms with van der Waals surface area (Å²) in [6.07, 6.45) is 2.49. The van der Waals surface area contributed by atoms with Crippen LogP contribution in [0, 0.1) is 16.7 Å². The first-order valence-electron chi connectivity index (χ1n) is 6.83. The molecule has 1 aliphatic heterocycles. The topological polar surface area (TPSA) is 64.9 Å². The number of nitrogens with zero attached hydrogens (tertiary/aromatic N) is 1. The smallest absolute Gasteiger partial charge is 0.230 e. The lowest BCUT2D eigenvalue weighted by atomic mass is 9.76. The van der Waals surface area contributed by atoms with E-state index in [1.54, 1.807) is 18.2 Å². The molecule has 5 heteroatoms. The van der Waals surface area contributed by atoms with Crippen molar-refractivity contribution in [3.05, 3.63) is 28.8 Å². The van der Waals surface area contributed by atoms with Crippen LogP contribution in [-0.2, 0) is 4.79 Å². The number of nitrogens with one attached hydrogen (secondary N) is 2. The molecule has 1 fully saturated rings. The van der Waals surface area contributed by atoms with Gasteiger partial charge in [0.05, 0.1) is 27.8 Å². The van der Waals surface area contributed by atoms with Crippen LogP contribution in [0.2, 0.25) is 5.02 Å². The number of anilines is 1. The molecule has 0 unspecified atom stereocenters. The predicted molar refractivity (Wildman–Crippen MR) is 79.6 cm³/mol. The Labute approximate surface area is 124 Å². The molecule has 2 rings (SSSR count). The molecule has 4 nitrogen and oxygen atoms in total. The minimum absolute atomic E-state index is 0.0214. The van der Waals surface area contributed by atoms with Crippen molar-refractivity contribution < 1.29 is 4.79 Å². The van der Waals surface area contributed by atoms with Gasteiger partial charge in [-0.15, -0.1) is 0 Å². The number of rotatable bonds is 3. The third-order valence-corrected chi connectivity index (χ3v) is 4.38. The van der Waals surface area contributed by atoms with E-state index < -0.39 is 0 Å². The Bertz CT molecular complexity index is 545. The van der Waals surface area contributed by atoms with Crippen LogP contribution in [0.5, 0.6) is 0 Å². The summed E-state index contributed by atoms with van der Waals surface area (Å²) in [7, 11) is 0. The van der Waals surface area contributed by atoms with Gasteiger partial charge in [-0.25, -0.2) is 0 Å². The maximum Gasteiger partial charge on any atom is 0.230 e. The van der Waals surface area contributed by atoms with Crippen molar-refractivity contribution >= 4 is 23.2 Å². The molecule has 106 valence electrons. The number of nitriles is 1. The first-order chi connectivity index (χ1) is 9.61. The van der Waals surface area contributed by atoms with E-state index >= 15 is 0 Å². The fourth-order valence-corrected chi connectivity index (χ4v) is 2.82. The summed E-state index contributed by atoms with van der Waals surface area (Å²) in [5, 5.41) is 15.4. The van der Waals surface area contributed by atoms with Crippen molar-refractivity contribution in [3.8, 4) is 6.07 Å². The molecular weight excluding hydrogens is 274 g/mol. The van der Waals surface area contributed by atoms with Gasteiger partial charge in [0, 0.05) is 0 Å². The normalized spacial score (nSPS) is 17.2. The quantitative estimate of drug-likeness (QED) is 0.900. The summed E-state index contributed by atoms with van der Waals surface area (Å²) in [4.78, 5) is 12.6. The highest BCUT2D eigenvalue weighted by Gasteiger charge is 2.37. The van der Waals surface area contributed by atoms with Gasteiger partial charge in [0.1, 0.15) is 0 Å². The van der Waals surface area contributed by atoms with Crippen LogP contribution >= 0.6 is 11.6 Å². The van der Waals surface area contributed by atoms with Crippen molar-refractivity contribution in [3.63, 3.8) is 0 Å². The van der Waals surface area contributed by atoms with Gasteiger partial charge in [-0.3, -0.25) is 4.79 Å². The van der Waals surface area contributed by atoms with Crippen molar-refractivity contribution in [2.24, 2.45) is 5.41 Å². The first kappa shape index (κ1) is 14.8. The summed E-state index contributed by atoms with van der Waals surface area (Å²) in [6.45, 7) is 3.77. The molecule has 1 heterocycles. The van der Waals surface area contributed by atoms with E-state index in [1.807, 2.05) is 13.0 Å². The number of hydrogen-bond acceptors (Lipinski definition) is 3. The molecule has 0 spiro atoms. The maximum absolute atomic E-state index is 12.6. The second kappa shape index (κ2) is 6.25. The largest absolute Gasteiger partial charge is 0.324 e. The molecule has 0 bridgehead atoms. The average molecular weight is 292 g/mol. The second-order valence-corrected chi connectivity index (χ2v) is 5.55. The minimum atomic E-state index is -0.317. The minimum Gasteiger partial charge on any atom is -0.324 e. The van der Waals surface area contributed by atoms with Gasteiger partial charge in [0.2, 0.25) is 5.91 Å².